The molecule has 0 aromatic heterocycles. The van der Waals surface area contributed by atoms with Gasteiger partial charge in [0.15, 0.2) is 6.10 Å². The Morgan fingerprint density at radius 2 is 1.73 bits per heavy atom. The average molecular weight is 356 g/mol. The van der Waals surface area contributed by atoms with Gasteiger partial charge in [-0.3, -0.25) is 4.79 Å². The van der Waals surface area contributed by atoms with Crippen molar-refractivity contribution in [2.45, 2.75) is 26.4 Å². The average Bonchev–Trinajstić information content (AvgIpc) is 2.68. The van der Waals surface area contributed by atoms with Gasteiger partial charge in [0.1, 0.15) is 11.6 Å². The molecule has 0 spiro atoms. The van der Waals surface area contributed by atoms with E-state index >= 15 is 0 Å². The topological polar surface area (TPSA) is 32.8 Å². The number of hydrogen-bond donors (Lipinski definition) is 0. The molecule has 0 aliphatic carbocycles. The minimum absolute atomic E-state index is 0.00895. The molecule has 1 saturated heterocycles. The third-order valence-electron chi connectivity index (χ3n) is 4.79. The molecule has 1 aliphatic heterocycles. The molecule has 1 atom stereocenters. The van der Waals surface area contributed by atoms with E-state index in [4.69, 9.17) is 4.74 Å². The molecule has 0 N–H and O–H groups in total. The second-order valence-corrected chi connectivity index (χ2v) is 6.51. The standard InChI is InChI=1S/C21H25FN2O2/c1-3-17-6-4-5-7-20(17)26-16(2)21(25)24-14-12-23(13-15-24)19-10-8-18(22)9-11-19/h4-11,16H,3,12-15H2,1-2H3/t16-/m0/s1. The molecular formula is C21H25FN2O2. The first-order chi connectivity index (χ1) is 12.6. The number of carbonyl (C=O) groups excluding carboxylic acids is 1. The van der Waals surface area contributed by atoms with Gasteiger partial charge < -0.3 is 14.5 Å². The Labute approximate surface area is 154 Å². The number of aryl methyl sites for hydroxylation is 1. The fourth-order valence-corrected chi connectivity index (χ4v) is 3.25. The summed E-state index contributed by atoms with van der Waals surface area (Å²) in [5.74, 6) is 0.552. The van der Waals surface area contributed by atoms with Crippen LogP contribution in [0.3, 0.4) is 0 Å². The quantitative estimate of drug-likeness (QED) is 0.822. The highest BCUT2D eigenvalue weighted by Gasteiger charge is 2.26. The summed E-state index contributed by atoms with van der Waals surface area (Å²) in [5, 5.41) is 0. The highest BCUT2D eigenvalue weighted by Crippen LogP contribution is 2.21. The van der Waals surface area contributed by atoms with E-state index in [1.165, 1.54) is 12.1 Å². The van der Waals surface area contributed by atoms with E-state index in [2.05, 4.69) is 11.8 Å². The number of para-hydroxylation sites is 1. The number of piperazine rings is 1. The van der Waals surface area contributed by atoms with Gasteiger partial charge >= 0.3 is 0 Å². The molecule has 0 radical (unpaired) electrons. The van der Waals surface area contributed by atoms with Crippen molar-refractivity contribution in [3.8, 4) is 5.75 Å². The van der Waals surface area contributed by atoms with Crippen LogP contribution >= 0.6 is 0 Å². The van der Waals surface area contributed by atoms with Crippen LogP contribution in [-0.4, -0.2) is 43.1 Å². The van der Waals surface area contributed by atoms with Crippen molar-refractivity contribution >= 4 is 11.6 Å². The first-order valence-corrected chi connectivity index (χ1v) is 9.12. The molecule has 138 valence electrons. The SMILES string of the molecule is CCc1ccccc1O[C@@H](C)C(=O)N1CCN(c2ccc(F)cc2)CC1. The van der Waals surface area contributed by atoms with Crippen molar-refractivity contribution in [2.24, 2.45) is 0 Å². The number of rotatable bonds is 5. The zero-order valence-corrected chi connectivity index (χ0v) is 15.3. The van der Waals surface area contributed by atoms with Gasteiger partial charge in [-0.2, -0.15) is 0 Å². The van der Waals surface area contributed by atoms with E-state index in [0.717, 1.165) is 36.5 Å². The molecule has 0 unspecified atom stereocenters. The van der Waals surface area contributed by atoms with Crippen molar-refractivity contribution in [2.75, 3.05) is 31.1 Å². The van der Waals surface area contributed by atoms with Crippen molar-refractivity contribution in [1.29, 1.82) is 0 Å². The Balaban J connectivity index is 1.56. The van der Waals surface area contributed by atoms with Gasteiger partial charge in [-0.1, -0.05) is 25.1 Å². The Bertz CT molecular complexity index is 740. The zero-order valence-electron chi connectivity index (χ0n) is 15.3. The maximum atomic E-state index is 13.1. The van der Waals surface area contributed by atoms with Gasteiger partial charge in [-0.25, -0.2) is 4.39 Å². The number of carbonyl (C=O) groups is 1. The normalized spacial score (nSPS) is 15.7. The number of ether oxygens (including phenoxy) is 1. The molecule has 1 heterocycles. The van der Waals surface area contributed by atoms with Gasteiger partial charge in [0.05, 0.1) is 0 Å². The van der Waals surface area contributed by atoms with E-state index in [9.17, 15) is 9.18 Å². The summed E-state index contributed by atoms with van der Waals surface area (Å²) in [6.07, 6.45) is 0.355. The van der Waals surface area contributed by atoms with E-state index in [1.54, 1.807) is 19.1 Å². The van der Waals surface area contributed by atoms with Gasteiger partial charge in [0.2, 0.25) is 0 Å². The number of amides is 1. The predicted octanol–water partition coefficient (Wildman–Crippen LogP) is 3.50. The van der Waals surface area contributed by atoms with Gasteiger partial charge in [-0.05, 0) is 49.2 Å². The molecule has 1 aliphatic rings. The summed E-state index contributed by atoms with van der Waals surface area (Å²) < 4.78 is 19.0. The van der Waals surface area contributed by atoms with E-state index < -0.39 is 6.10 Å². The minimum atomic E-state index is -0.514. The lowest BCUT2D eigenvalue weighted by Gasteiger charge is -2.37. The molecule has 26 heavy (non-hydrogen) atoms. The Kier molecular flexibility index (Phi) is 5.76. The highest BCUT2D eigenvalue weighted by molar-refractivity contribution is 5.81. The number of hydrogen-bond acceptors (Lipinski definition) is 3. The molecule has 0 saturated carbocycles. The summed E-state index contributed by atoms with van der Waals surface area (Å²) in [6.45, 7) is 6.62. The fourth-order valence-electron chi connectivity index (χ4n) is 3.25. The molecule has 2 aromatic rings. The first-order valence-electron chi connectivity index (χ1n) is 9.12. The highest BCUT2D eigenvalue weighted by atomic mass is 19.1. The molecule has 0 bridgehead atoms. The smallest absolute Gasteiger partial charge is 0.263 e. The minimum Gasteiger partial charge on any atom is -0.481 e. The summed E-state index contributed by atoms with van der Waals surface area (Å²) >= 11 is 0. The van der Waals surface area contributed by atoms with Crippen molar-refractivity contribution < 1.29 is 13.9 Å². The molecule has 2 aromatic carbocycles. The van der Waals surface area contributed by atoms with E-state index in [0.29, 0.717) is 13.1 Å². The molecule has 1 amide bonds. The predicted molar refractivity (Wildman–Crippen MR) is 101 cm³/mol. The second-order valence-electron chi connectivity index (χ2n) is 6.51. The second kappa shape index (κ2) is 8.21. The van der Waals surface area contributed by atoms with Gasteiger partial charge in [0.25, 0.3) is 5.91 Å². The Morgan fingerprint density at radius 3 is 2.38 bits per heavy atom. The molecule has 3 rings (SSSR count). The molecule has 5 heteroatoms. The molecule has 1 fully saturated rings. The van der Waals surface area contributed by atoms with Gasteiger partial charge in [-0.15, -0.1) is 0 Å². The first kappa shape index (κ1) is 18.2. The molecule has 4 nitrogen and oxygen atoms in total. The molecular weight excluding hydrogens is 331 g/mol. The van der Waals surface area contributed by atoms with Crippen LogP contribution in [0.15, 0.2) is 48.5 Å². The van der Waals surface area contributed by atoms with E-state index in [-0.39, 0.29) is 11.7 Å². The van der Waals surface area contributed by atoms with Crippen LogP contribution in [0.2, 0.25) is 0 Å². The lowest BCUT2D eigenvalue weighted by atomic mass is 10.1. The lowest BCUT2D eigenvalue weighted by molar-refractivity contribution is -0.138. The number of anilines is 1. The van der Waals surface area contributed by atoms with Crippen LogP contribution in [0.5, 0.6) is 5.75 Å². The lowest BCUT2D eigenvalue weighted by Crippen LogP contribution is -2.52. The van der Waals surface area contributed by atoms with E-state index in [1.807, 2.05) is 29.2 Å². The largest absolute Gasteiger partial charge is 0.481 e. The number of benzene rings is 2. The Hall–Kier alpha value is -2.56. The Morgan fingerprint density at radius 1 is 1.08 bits per heavy atom. The van der Waals surface area contributed by atoms with Crippen LogP contribution < -0.4 is 9.64 Å². The maximum Gasteiger partial charge on any atom is 0.263 e. The summed E-state index contributed by atoms with van der Waals surface area (Å²) in [7, 11) is 0. The fraction of sp³-hybridized carbons (Fsp3) is 0.381. The zero-order chi connectivity index (χ0) is 18.5. The van der Waals surface area contributed by atoms with Crippen molar-refractivity contribution in [3.05, 3.63) is 59.9 Å². The summed E-state index contributed by atoms with van der Waals surface area (Å²) in [4.78, 5) is 16.7. The number of nitrogens with zero attached hydrogens (tertiary/aromatic N) is 2. The monoisotopic (exact) mass is 356 g/mol. The van der Waals surface area contributed by atoms with Crippen LogP contribution in [0.1, 0.15) is 19.4 Å². The van der Waals surface area contributed by atoms with Crippen LogP contribution in [-0.2, 0) is 11.2 Å². The third kappa shape index (κ3) is 4.15. The summed E-state index contributed by atoms with van der Waals surface area (Å²) in [5.41, 5.74) is 2.09. The van der Waals surface area contributed by atoms with Crippen LogP contribution in [0.4, 0.5) is 10.1 Å². The van der Waals surface area contributed by atoms with Crippen LogP contribution in [0, 0.1) is 5.82 Å². The number of halogens is 1. The van der Waals surface area contributed by atoms with Crippen molar-refractivity contribution in [1.82, 2.24) is 4.90 Å². The van der Waals surface area contributed by atoms with Gasteiger partial charge in [0, 0.05) is 31.9 Å². The third-order valence-corrected chi connectivity index (χ3v) is 4.79. The summed E-state index contributed by atoms with van der Waals surface area (Å²) in [6, 6.07) is 14.3. The van der Waals surface area contributed by atoms with Crippen LogP contribution in [0.25, 0.3) is 0 Å². The maximum absolute atomic E-state index is 13.1. The van der Waals surface area contributed by atoms with Crippen molar-refractivity contribution in [3.63, 3.8) is 0 Å².